The first kappa shape index (κ1) is 17.0. The Morgan fingerprint density at radius 2 is 1.81 bits per heavy atom. The van der Waals surface area contributed by atoms with Gasteiger partial charge in [-0.15, -0.1) is 0 Å². The van der Waals surface area contributed by atoms with E-state index in [9.17, 15) is 0 Å². The molecule has 1 aromatic carbocycles. The molecule has 7 heteroatoms. The van der Waals surface area contributed by atoms with Gasteiger partial charge in [0.25, 0.3) is 5.89 Å². The maximum Gasteiger partial charge on any atom is 0.258 e. The normalized spacial score (nSPS) is 10.9. The van der Waals surface area contributed by atoms with Gasteiger partial charge in [-0.2, -0.15) is 4.98 Å². The van der Waals surface area contributed by atoms with E-state index in [4.69, 9.17) is 13.7 Å². The highest BCUT2D eigenvalue weighted by Gasteiger charge is 2.18. The van der Waals surface area contributed by atoms with E-state index < -0.39 is 0 Å². The van der Waals surface area contributed by atoms with E-state index in [1.165, 1.54) is 0 Å². The number of para-hydroxylation sites is 1. The highest BCUT2D eigenvalue weighted by Crippen LogP contribution is 2.31. The molecule has 4 rings (SSSR count). The third-order valence-corrected chi connectivity index (χ3v) is 4.03. The Labute approximate surface area is 156 Å². The molecule has 0 bridgehead atoms. The lowest BCUT2D eigenvalue weighted by atomic mass is 10.2. The molecule has 0 N–H and O–H groups in total. The Morgan fingerprint density at radius 1 is 1.00 bits per heavy atom. The third kappa shape index (κ3) is 3.57. The molecule has 0 fully saturated rings. The molecule has 0 spiro atoms. The van der Waals surface area contributed by atoms with Gasteiger partial charge in [-0.3, -0.25) is 4.98 Å². The molecule has 0 atom stereocenters. The lowest BCUT2D eigenvalue weighted by molar-refractivity contribution is 0.340. The number of hydrogen-bond donors (Lipinski definition) is 0. The fraction of sp³-hybridized carbons (Fsp3) is 0.200. The quantitative estimate of drug-likeness (QED) is 0.510. The van der Waals surface area contributed by atoms with Crippen LogP contribution in [0, 0.1) is 6.92 Å². The van der Waals surface area contributed by atoms with Crippen LogP contribution in [-0.4, -0.2) is 26.7 Å². The number of nitrogens with zero attached hydrogens (tertiary/aromatic N) is 4. The summed E-state index contributed by atoms with van der Waals surface area (Å²) in [6.07, 6.45) is 3.78. The van der Waals surface area contributed by atoms with Crippen molar-refractivity contribution in [1.29, 1.82) is 0 Å². The predicted octanol–water partition coefficient (Wildman–Crippen LogP) is 4.08. The van der Waals surface area contributed by atoms with E-state index in [1.807, 2.05) is 50.2 Å². The average Bonchev–Trinajstić information content (AvgIpc) is 3.31. The number of hydrogen-bond acceptors (Lipinski definition) is 7. The monoisotopic (exact) mass is 362 g/mol. The Bertz CT molecular complexity index is 1040. The van der Waals surface area contributed by atoms with Gasteiger partial charge < -0.3 is 13.7 Å². The minimum absolute atomic E-state index is 0.417. The van der Waals surface area contributed by atoms with Crippen molar-refractivity contribution in [3.8, 4) is 28.7 Å². The van der Waals surface area contributed by atoms with Crippen LogP contribution in [0.25, 0.3) is 22.9 Å². The molecule has 0 saturated carbocycles. The summed E-state index contributed by atoms with van der Waals surface area (Å²) in [7, 11) is 0. The van der Waals surface area contributed by atoms with Crippen LogP contribution in [0.2, 0.25) is 0 Å². The third-order valence-electron chi connectivity index (χ3n) is 4.03. The topological polar surface area (TPSA) is 87.1 Å². The van der Waals surface area contributed by atoms with Crippen molar-refractivity contribution < 1.29 is 13.7 Å². The van der Waals surface area contributed by atoms with Crippen molar-refractivity contribution in [2.24, 2.45) is 0 Å². The Kier molecular flexibility index (Phi) is 4.65. The second kappa shape index (κ2) is 7.41. The zero-order valence-electron chi connectivity index (χ0n) is 15.0. The van der Waals surface area contributed by atoms with Gasteiger partial charge in [0.15, 0.2) is 5.82 Å². The summed E-state index contributed by atoms with van der Waals surface area (Å²) in [5.41, 5.74) is 2.41. The molecule has 7 nitrogen and oxygen atoms in total. The summed E-state index contributed by atoms with van der Waals surface area (Å²) < 4.78 is 16.9. The van der Waals surface area contributed by atoms with E-state index in [0.717, 1.165) is 22.6 Å². The molecule has 3 aromatic heterocycles. The fourth-order valence-electron chi connectivity index (χ4n) is 2.72. The van der Waals surface area contributed by atoms with Crippen molar-refractivity contribution in [2.75, 3.05) is 6.61 Å². The first-order valence-electron chi connectivity index (χ1n) is 8.66. The van der Waals surface area contributed by atoms with E-state index in [-0.39, 0.29) is 0 Å². The predicted molar refractivity (Wildman–Crippen MR) is 98.2 cm³/mol. The first-order chi connectivity index (χ1) is 13.2. The SMILES string of the molecule is CCOc1ccccc1-c1nc(Cc2noc(-c3ccncc3)n2)c(C)o1. The van der Waals surface area contributed by atoms with Crippen molar-refractivity contribution in [1.82, 2.24) is 20.1 Å². The van der Waals surface area contributed by atoms with Crippen LogP contribution in [-0.2, 0) is 6.42 Å². The molecule has 0 aliphatic carbocycles. The maximum absolute atomic E-state index is 5.87. The van der Waals surface area contributed by atoms with E-state index in [1.54, 1.807) is 12.4 Å². The molecule has 27 heavy (non-hydrogen) atoms. The minimum atomic E-state index is 0.417. The van der Waals surface area contributed by atoms with Gasteiger partial charge in [-0.25, -0.2) is 4.98 Å². The van der Waals surface area contributed by atoms with Gasteiger partial charge in [0.2, 0.25) is 5.89 Å². The first-order valence-corrected chi connectivity index (χ1v) is 8.66. The van der Waals surface area contributed by atoms with Crippen LogP contribution >= 0.6 is 0 Å². The van der Waals surface area contributed by atoms with Crippen LogP contribution in [0.1, 0.15) is 24.2 Å². The summed E-state index contributed by atoms with van der Waals surface area (Å²) in [6, 6.07) is 11.3. The molecule has 136 valence electrons. The van der Waals surface area contributed by atoms with Gasteiger partial charge in [0.1, 0.15) is 11.5 Å². The number of ether oxygens (including phenoxy) is 1. The minimum Gasteiger partial charge on any atom is -0.493 e. The molecule has 0 aliphatic heterocycles. The van der Waals surface area contributed by atoms with Gasteiger partial charge in [-0.05, 0) is 38.1 Å². The number of aromatic nitrogens is 4. The smallest absolute Gasteiger partial charge is 0.258 e. The maximum atomic E-state index is 5.87. The van der Waals surface area contributed by atoms with Crippen molar-refractivity contribution >= 4 is 0 Å². The van der Waals surface area contributed by atoms with Gasteiger partial charge in [0.05, 0.1) is 24.3 Å². The molecule has 0 saturated heterocycles. The molecule has 3 heterocycles. The van der Waals surface area contributed by atoms with Crippen molar-refractivity contribution in [2.45, 2.75) is 20.3 Å². The van der Waals surface area contributed by atoms with Crippen LogP contribution in [0.15, 0.2) is 57.7 Å². The second-order valence-corrected chi connectivity index (χ2v) is 5.88. The summed E-state index contributed by atoms with van der Waals surface area (Å²) >= 11 is 0. The standard InChI is InChI=1S/C20H18N4O3/c1-3-25-17-7-5-4-6-15(17)20-22-16(13(2)26-20)12-18-23-19(27-24-18)14-8-10-21-11-9-14/h4-11H,3,12H2,1-2H3. The Hall–Kier alpha value is -3.48. The van der Waals surface area contributed by atoms with Crippen LogP contribution in [0.5, 0.6) is 5.75 Å². The summed E-state index contributed by atoms with van der Waals surface area (Å²) in [5, 5.41) is 4.05. The van der Waals surface area contributed by atoms with Crippen LogP contribution < -0.4 is 4.74 Å². The molecule has 0 unspecified atom stereocenters. The highest BCUT2D eigenvalue weighted by molar-refractivity contribution is 5.63. The van der Waals surface area contributed by atoms with Crippen molar-refractivity contribution in [3.63, 3.8) is 0 Å². The molecular formula is C20H18N4O3. The second-order valence-electron chi connectivity index (χ2n) is 5.88. The van der Waals surface area contributed by atoms with Crippen LogP contribution in [0.4, 0.5) is 0 Å². The number of benzene rings is 1. The Morgan fingerprint density at radius 3 is 2.63 bits per heavy atom. The summed E-state index contributed by atoms with van der Waals surface area (Å²) in [5.74, 6) is 2.97. The lowest BCUT2D eigenvalue weighted by Crippen LogP contribution is -1.95. The molecule has 0 aliphatic rings. The summed E-state index contributed by atoms with van der Waals surface area (Å²) in [4.78, 5) is 13.0. The fourth-order valence-corrected chi connectivity index (χ4v) is 2.72. The van der Waals surface area contributed by atoms with E-state index in [2.05, 4.69) is 20.1 Å². The molecular weight excluding hydrogens is 344 g/mol. The van der Waals surface area contributed by atoms with Gasteiger partial charge in [-0.1, -0.05) is 17.3 Å². The number of rotatable bonds is 6. The zero-order valence-corrected chi connectivity index (χ0v) is 15.0. The highest BCUT2D eigenvalue weighted by atomic mass is 16.5. The number of oxazole rings is 1. The van der Waals surface area contributed by atoms with Gasteiger partial charge >= 0.3 is 0 Å². The summed E-state index contributed by atoms with van der Waals surface area (Å²) in [6.45, 7) is 4.39. The largest absolute Gasteiger partial charge is 0.493 e. The Balaban J connectivity index is 1.59. The molecule has 0 amide bonds. The zero-order chi connectivity index (χ0) is 18.6. The molecule has 4 aromatic rings. The van der Waals surface area contributed by atoms with E-state index >= 15 is 0 Å². The van der Waals surface area contributed by atoms with Crippen molar-refractivity contribution in [3.05, 3.63) is 66.1 Å². The number of aryl methyl sites for hydroxylation is 1. The van der Waals surface area contributed by atoms with Gasteiger partial charge in [0, 0.05) is 18.0 Å². The molecule has 0 radical (unpaired) electrons. The van der Waals surface area contributed by atoms with E-state index in [0.29, 0.717) is 36.4 Å². The lowest BCUT2D eigenvalue weighted by Gasteiger charge is -2.06. The number of pyridine rings is 1. The average molecular weight is 362 g/mol. The van der Waals surface area contributed by atoms with Crippen LogP contribution in [0.3, 0.4) is 0 Å².